The van der Waals surface area contributed by atoms with Crippen LogP contribution < -0.4 is 10.9 Å². The van der Waals surface area contributed by atoms with Crippen LogP contribution in [-0.2, 0) is 4.79 Å². The molecule has 0 unspecified atom stereocenters. The van der Waals surface area contributed by atoms with Gasteiger partial charge in [-0.3, -0.25) is 4.79 Å². The molecule has 0 aromatic carbocycles. The lowest BCUT2D eigenvalue weighted by Gasteiger charge is -1.94. The third-order valence-electron chi connectivity index (χ3n) is 0.862. The monoisotopic (exact) mass is 144 g/mol. The van der Waals surface area contributed by atoms with Crippen molar-refractivity contribution < 1.29 is 9.28 Å². The first kappa shape index (κ1) is 8.68. The smallest absolute Gasteiger partial charge is 0.276 e. The first-order chi connectivity index (χ1) is 4.72. The molecule has 0 atom stereocenters. The molecule has 0 bridgehead atoms. The van der Waals surface area contributed by atoms with Gasteiger partial charge in [0.15, 0.2) is 0 Å². The van der Waals surface area contributed by atoms with Gasteiger partial charge in [0, 0.05) is 11.8 Å². The second-order valence-electron chi connectivity index (χ2n) is 1.62. The molecule has 0 aliphatic carbocycles. The van der Waals surface area contributed by atoms with Crippen molar-refractivity contribution >= 4 is 5.91 Å². The maximum atomic E-state index is 11.4. The van der Waals surface area contributed by atoms with Gasteiger partial charge in [0.25, 0.3) is 5.91 Å². The van der Waals surface area contributed by atoms with E-state index in [1.165, 1.54) is 19.3 Å². The molecule has 0 aliphatic heterocycles. The summed E-state index contributed by atoms with van der Waals surface area (Å²) >= 11 is 0. The minimum atomic E-state index is -0.755. The highest BCUT2D eigenvalue weighted by molar-refractivity contribution is 5.91. The molecule has 10 heavy (non-hydrogen) atoms. The number of hydrogen-bond donors (Lipinski definition) is 2. The van der Waals surface area contributed by atoms with Crippen molar-refractivity contribution in [1.82, 2.24) is 10.9 Å². The van der Waals surface area contributed by atoms with Crippen LogP contribution in [0.25, 0.3) is 0 Å². The van der Waals surface area contributed by atoms with Crippen molar-refractivity contribution in [3.8, 4) is 0 Å². The Kier molecular flexibility index (Phi) is 3.95. The van der Waals surface area contributed by atoms with Crippen molar-refractivity contribution in [3.05, 3.63) is 24.6 Å². The SMILES string of the molecule is C=CN/C=C(/C)C(=O)NF. The van der Waals surface area contributed by atoms with Crippen LogP contribution in [0.15, 0.2) is 24.6 Å². The Morgan fingerprint density at radius 1 is 1.70 bits per heavy atom. The van der Waals surface area contributed by atoms with Gasteiger partial charge in [-0.15, -0.1) is 0 Å². The molecule has 1 amide bonds. The minimum Gasteiger partial charge on any atom is -0.368 e. The van der Waals surface area contributed by atoms with Gasteiger partial charge >= 0.3 is 0 Å². The number of hydrogen-bond acceptors (Lipinski definition) is 2. The lowest BCUT2D eigenvalue weighted by atomic mass is 10.3. The van der Waals surface area contributed by atoms with E-state index in [9.17, 15) is 9.28 Å². The van der Waals surface area contributed by atoms with Gasteiger partial charge in [-0.2, -0.15) is 5.54 Å². The summed E-state index contributed by atoms with van der Waals surface area (Å²) in [6.07, 6.45) is 2.73. The summed E-state index contributed by atoms with van der Waals surface area (Å²) in [7, 11) is 0. The molecule has 0 aliphatic rings. The maximum Gasteiger partial charge on any atom is 0.276 e. The zero-order chi connectivity index (χ0) is 7.98. The van der Waals surface area contributed by atoms with E-state index in [-0.39, 0.29) is 5.57 Å². The lowest BCUT2D eigenvalue weighted by molar-refractivity contribution is -0.121. The quantitative estimate of drug-likeness (QED) is 0.450. The molecular weight excluding hydrogens is 135 g/mol. The van der Waals surface area contributed by atoms with Crippen molar-refractivity contribution in [2.45, 2.75) is 6.92 Å². The van der Waals surface area contributed by atoms with E-state index >= 15 is 0 Å². The number of nitrogens with one attached hydrogen (secondary N) is 2. The van der Waals surface area contributed by atoms with Crippen LogP contribution in [0, 0.1) is 0 Å². The Bertz CT molecular complexity index is 165. The van der Waals surface area contributed by atoms with E-state index in [0.29, 0.717) is 0 Å². The zero-order valence-electron chi connectivity index (χ0n) is 5.65. The summed E-state index contributed by atoms with van der Waals surface area (Å²) in [6, 6.07) is 0. The summed E-state index contributed by atoms with van der Waals surface area (Å²) in [6.45, 7) is 4.81. The third-order valence-corrected chi connectivity index (χ3v) is 0.862. The molecule has 56 valence electrons. The average Bonchev–Trinajstić information content (AvgIpc) is 1.98. The molecule has 2 N–H and O–H groups in total. The van der Waals surface area contributed by atoms with Gasteiger partial charge in [-0.25, -0.2) is 0 Å². The number of carbonyl (C=O) groups is 1. The Hall–Kier alpha value is -1.32. The van der Waals surface area contributed by atoms with Crippen LogP contribution in [0.5, 0.6) is 0 Å². The molecule has 0 aromatic rings. The molecule has 0 heterocycles. The van der Waals surface area contributed by atoms with Crippen LogP contribution >= 0.6 is 0 Å². The molecule has 3 nitrogen and oxygen atoms in total. The highest BCUT2D eigenvalue weighted by Gasteiger charge is 1.99. The van der Waals surface area contributed by atoms with Crippen LogP contribution in [0.2, 0.25) is 0 Å². The fraction of sp³-hybridized carbons (Fsp3) is 0.167. The van der Waals surface area contributed by atoms with E-state index in [1.807, 2.05) is 0 Å². The van der Waals surface area contributed by atoms with Gasteiger partial charge in [-0.1, -0.05) is 11.1 Å². The molecule has 0 fully saturated rings. The largest absolute Gasteiger partial charge is 0.368 e. The fourth-order valence-electron chi connectivity index (χ4n) is 0.324. The Morgan fingerprint density at radius 2 is 2.30 bits per heavy atom. The predicted molar refractivity (Wildman–Crippen MR) is 36.3 cm³/mol. The third kappa shape index (κ3) is 2.86. The molecule has 0 aromatic heterocycles. The number of rotatable bonds is 3. The van der Waals surface area contributed by atoms with Gasteiger partial charge in [0.2, 0.25) is 0 Å². The van der Waals surface area contributed by atoms with Gasteiger partial charge < -0.3 is 5.32 Å². The predicted octanol–water partition coefficient (Wildman–Crippen LogP) is 0.624. The Labute approximate surface area is 58.5 Å². The summed E-state index contributed by atoms with van der Waals surface area (Å²) in [5, 5.41) is 2.54. The van der Waals surface area contributed by atoms with E-state index in [4.69, 9.17) is 0 Å². The van der Waals surface area contributed by atoms with Crippen molar-refractivity contribution in [1.29, 1.82) is 0 Å². The molecule has 0 saturated carbocycles. The van der Waals surface area contributed by atoms with Crippen molar-refractivity contribution in [3.63, 3.8) is 0 Å². The van der Waals surface area contributed by atoms with Crippen LogP contribution in [-0.4, -0.2) is 5.91 Å². The molecule has 0 spiro atoms. The summed E-state index contributed by atoms with van der Waals surface area (Å²) < 4.78 is 11.4. The standard InChI is InChI=1S/C6H9FN2O/c1-3-8-4-5(2)6(10)9-7/h3-4,8H,1H2,2H3,(H,9,10)/b5-4-. The second-order valence-corrected chi connectivity index (χ2v) is 1.62. The molecule has 0 radical (unpaired) electrons. The lowest BCUT2D eigenvalue weighted by Crippen LogP contribution is -2.15. The molecule has 0 rings (SSSR count). The highest BCUT2D eigenvalue weighted by atomic mass is 19.2. The fourth-order valence-corrected chi connectivity index (χ4v) is 0.324. The van der Waals surface area contributed by atoms with E-state index in [0.717, 1.165) is 5.54 Å². The van der Waals surface area contributed by atoms with Gasteiger partial charge in [-0.05, 0) is 13.1 Å². The zero-order valence-corrected chi connectivity index (χ0v) is 5.65. The van der Waals surface area contributed by atoms with E-state index in [2.05, 4.69) is 11.9 Å². The average molecular weight is 144 g/mol. The normalized spacial score (nSPS) is 10.4. The van der Waals surface area contributed by atoms with E-state index < -0.39 is 5.91 Å². The summed E-state index contributed by atoms with van der Waals surface area (Å²) in [5.74, 6) is -0.755. The molecule has 0 saturated heterocycles. The number of carbonyl (C=O) groups excluding carboxylic acids is 1. The van der Waals surface area contributed by atoms with Crippen LogP contribution in [0.4, 0.5) is 4.48 Å². The second kappa shape index (κ2) is 4.55. The Morgan fingerprint density at radius 3 is 2.70 bits per heavy atom. The number of amides is 1. The molecule has 4 heteroatoms. The van der Waals surface area contributed by atoms with Gasteiger partial charge in [0.05, 0.1) is 0 Å². The van der Waals surface area contributed by atoms with Crippen molar-refractivity contribution in [2.75, 3.05) is 0 Å². The topological polar surface area (TPSA) is 41.1 Å². The van der Waals surface area contributed by atoms with E-state index in [1.54, 1.807) is 0 Å². The van der Waals surface area contributed by atoms with Crippen LogP contribution in [0.3, 0.4) is 0 Å². The summed E-state index contributed by atoms with van der Waals surface area (Å²) in [4.78, 5) is 10.4. The maximum absolute atomic E-state index is 11.4. The van der Waals surface area contributed by atoms with Crippen LogP contribution in [0.1, 0.15) is 6.92 Å². The highest BCUT2D eigenvalue weighted by Crippen LogP contribution is 1.88. The first-order valence-electron chi connectivity index (χ1n) is 2.67. The van der Waals surface area contributed by atoms with Crippen molar-refractivity contribution in [2.24, 2.45) is 0 Å². The van der Waals surface area contributed by atoms with Gasteiger partial charge in [0.1, 0.15) is 0 Å². The first-order valence-corrected chi connectivity index (χ1v) is 2.67. The minimum absolute atomic E-state index is 0.252. The summed E-state index contributed by atoms with van der Waals surface area (Å²) in [5.41, 5.74) is 1.24. The Balaban J connectivity index is 3.91. The molecular formula is C6H9FN2O. The number of halogens is 1.